The van der Waals surface area contributed by atoms with E-state index in [1.165, 1.54) is 24.3 Å². The van der Waals surface area contributed by atoms with Crippen LogP contribution in [0.4, 0.5) is 8.78 Å². The summed E-state index contributed by atoms with van der Waals surface area (Å²) in [5, 5.41) is 7.39. The van der Waals surface area contributed by atoms with Crippen molar-refractivity contribution in [3.63, 3.8) is 0 Å². The van der Waals surface area contributed by atoms with E-state index in [0.717, 1.165) is 5.56 Å². The van der Waals surface area contributed by atoms with Gasteiger partial charge in [0.25, 0.3) is 0 Å². The first-order valence-electron chi connectivity index (χ1n) is 5.91. The first-order valence-corrected chi connectivity index (χ1v) is 6.28. The zero-order valence-corrected chi connectivity index (χ0v) is 11.0. The van der Waals surface area contributed by atoms with E-state index in [1.807, 2.05) is 0 Å². The number of halogens is 3. The standard InChI is InChI=1S/C15H9ClF2N2/c16-13-14(9-1-5-11(17)6-2-9)19-20-15(13)10-3-7-12(18)8-4-10/h1-8H,(H,19,20). The lowest BCUT2D eigenvalue weighted by Gasteiger charge is -2.00. The molecule has 0 bridgehead atoms. The van der Waals surface area contributed by atoms with Gasteiger partial charge in [0.1, 0.15) is 17.3 Å². The highest BCUT2D eigenvalue weighted by atomic mass is 35.5. The smallest absolute Gasteiger partial charge is 0.123 e. The average Bonchev–Trinajstić information content (AvgIpc) is 2.83. The molecule has 1 heterocycles. The summed E-state index contributed by atoms with van der Waals surface area (Å²) in [6, 6.07) is 11.8. The Morgan fingerprint density at radius 1 is 0.800 bits per heavy atom. The molecule has 0 aliphatic carbocycles. The van der Waals surface area contributed by atoms with Gasteiger partial charge in [-0.05, 0) is 48.5 Å². The van der Waals surface area contributed by atoms with Gasteiger partial charge in [-0.15, -0.1) is 0 Å². The second kappa shape index (κ2) is 5.06. The van der Waals surface area contributed by atoms with Gasteiger partial charge in [0, 0.05) is 11.1 Å². The number of hydrogen-bond acceptors (Lipinski definition) is 1. The van der Waals surface area contributed by atoms with Crippen LogP contribution in [0, 0.1) is 11.6 Å². The Labute approximate surface area is 119 Å². The van der Waals surface area contributed by atoms with Gasteiger partial charge in [-0.1, -0.05) is 11.6 Å². The van der Waals surface area contributed by atoms with Crippen LogP contribution in [-0.2, 0) is 0 Å². The second-order valence-electron chi connectivity index (χ2n) is 4.27. The van der Waals surface area contributed by atoms with E-state index in [1.54, 1.807) is 24.3 Å². The lowest BCUT2D eigenvalue weighted by atomic mass is 10.1. The van der Waals surface area contributed by atoms with Gasteiger partial charge >= 0.3 is 0 Å². The van der Waals surface area contributed by atoms with Crippen LogP contribution in [0.2, 0.25) is 5.02 Å². The number of H-pyrrole nitrogens is 1. The molecule has 0 radical (unpaired) electrons. The number of hydrogen-bond donors (Lipinski definition) is 1. The molecule has 100 valence electrons. The molecule has 3 aromatic rings. The minimum Gasteiger partial charge on any atom is -0.276 e. The van der Waals surface area contributed by atoms with Gasteiger partial charge < -0.3 is 0 Å². The quantitative estimate of drug-likeness (QED) is 0.729. The van der Waals surface area contributed by atoms with Gasteiger partial charge in [-0.25, -0.2) is 8.78 Å². The largest absolute Gasteiger partial charge is 0.276 e. The number of nitrogens with zero attached hydrogens (tertiary/aromatic N) is 1. The van der Waals surface area contributed by atoms with E-state index >= 15 is 0 Å². The van der Waals surface area contributed by atoms with E-state index in [0.29, 0.717) is 22.0 Å². The van der Waals surface area contributed by atoms with Crippen molar-refractivity contribution in [3.05, 3.63) is 65.2 Å². The van der Waals surface area contributed by atoms with E-state index in [2.05, 4.69) is 10.2 Å². The molecule has 3 rings (SSSR count). The Morgan fingerprint density at radius 2 is 1.30 bits per heavy atom. The summed E-state index contributed by atoms with van der Waals surface area (Å²) in [7, 11) is 0. The second-order valence-corrected chi connectivity index (χ2v) is 4.65. The SMILES string of the molecule is Fc1ccc(-c2n[nH]c(-c3ccc(F)cc3)c2Cl)cc1. The van der Waals surface area contributed by atoms with Crippen molar-refractivity contribution >= 4 is 11.6 Å². The molecule has 5 heteroatoms. The van der Waals surface area contributed by atoms with E-state index in [-0.39, 0.29) is 11.6 Å². The Kier molecular flexibility index (Phi) is 3.24. The topological polar surface area (TPSA) is 28.7 Å². The van der Waals surface area contributed by atoms with Gasteiger partial charge in [0.15, 0.2) is 0 Å². The molecule has 0 aliphatic heterocycles. The predicted octanol–water partition coefficient (Wildman–Crippen LogP) is 4.68. The predicted molar refractivity (Wildman–Crippen MR) is 74.4 cm³/mol. The molecule has 0 amide bonds. The molecule has 0 unspecified atom stereocenters. The van der Waals surface area contributed by atoms with Crippen molar-refractivity contribution in [2.24, 2.45) is 0 Å². The van der Waals surface area contributed by atoms with E-state index in [9.17, 15) is 8.78 Å². The third-order valence-corrected chi connectivity index (χ3v) is 3.33. The normalized spacial score (nSPS) is 10.8. The maximum absolute atomic E-state index is 12.9. The molecule has 1 aromatic heterocycles. The molecular weight excluding hydrogens is 282 g/mol. The van der Waals surface area contributed by atoms with Crippen molar-refractivity contribution in [3.8, 4) is 22.5 Å². The Balaban J connectivity index is 2.04. The summed E-state index contributed by atoms with van der Waals surface area (Å²) in [6.07, 6.45) is 0. The van der Waals surface area contributed by atoms with Crippen LogP contribution in [0.1, 0.15) is 0 Å². The minimum absolute atomic E-state index is 0.317. The van der Waals surface area contributed by atoms with Crippen LogP contribution >= 0.6 is 11.6 Å². The lowest BCUT2D eigenvalue weighted by Crippen LogP contribution is -1.80. The minimum atomic E-state index is -0.320. The maximum atomic E-state index is 12.9. The molecule has 0 aliphatic rings. The summed E-state index contributed by atoms with van der Waals surface area (Å²) in [5.41, 5.74) is 2.58. The summed E-state index contributed by atoms with van der Waals surface area (Å²) >= 11 is 6.29. The van der Waals surface area contributed by atoms with Crippen LogP contribution in [0.15, 0.2) is 48.5 Å². The van der Waals surface area contributed by atoms with Crippen LogP contribution in [-0.4, -0.2) is 10.2 Å². The molecule has 0 fully saturated rings. The molecule has 0 spiro atoms. The molecule has 0 saturated heterocycles. The molecule has 0 saturated carbocycles. The highest BCUT2D eigenvalue weighted by Crippen LogP contribution is 2.34. The fourth-order valence-corrected chi connectivity index (χ4v) is 2.24. The van der Waals surface area contributed by atoms with Crippen molar-refractivity contribution in [2.75, 3.05) is 0 Å². The first kappa shape index (κ1) is 12.8. The van der Waals surface area contributed by atoms with Gasteiger partial charge in [-0.3, -0.25) is 5.10 Å². The molecule has 2 nitrogen and oxygen atoms in total. The van der Waals surface area contributed by atoms with Gasteiger partial charge in [0.2, 0.25) is 0 Å². The highest BCUT2D eigenvalue weighted by molar-refractivity contribution is 6.35. The monoisotopic (exact) mass is 290 g/mol. The molecular formula is C15H9ClF2N2. The van der Waals surface area contributed by atoms with Crippen LogP contribution in [0.3, 0.4) is 0 Å². The van der Waals surface area contributed by atoms with Crippen molar-refractivity contribution in [1.82, 2.24) is 10.2 Å². The van der Waals surface area contributed by atoms with Gasteiger partial charge in [-0.2, -0.15) is 5.10 Å². The maximum Gasteiger partial charge on any atom is 0.123 e. The van der Waals surface area contributed by atoms with Gasteiger partial charge in [0.05, 0.1) is 10.7 Å². The zero-order valence-electron chi connectivity index (χ0n) is 10.2. The van der Waals surface area contributed by atoms with E-state index in [4.69, 9.17) is 11.6 Å². The molecule has 20 heavy (non-hydrogen) atoms. The Hall–Kier alpha value is -2.20. The first-order chi connectivity index (χ1) is 9.65. The zero-order chi connectivity index (χ0) is 14.1. The number of aromatic amines is 1. The number of benzene rings is 2. The number of aromatic nitrogens is 2. The van der Waals surface area contributed by atoms with Crippen molar-refractivity contribution < 1.29 is 8.78 Å². The number of nitrogens with one attached hydrogen (secondary N) is 1. The number of rotatable bonds is 2. The Morgan fingerprint density at radius 3 is 1.85 bits per heavy atom. The third-order valence-electron chi connectivity index (χ3n) is 2.96. The van der Waals surface area contributed by atoms with Crippen LogP contribution < -0.4 is 0 Å². The van der Waals surface area contributed by atoms with Crippen LogP contribution in [0.25, 0.3) is 22.5 Å². The average molecular weight is 291 g/mol. The summed E-state index contributed by atoms with van der Waals surface area (Å²) in [5.74, 6) is -0.637. The summed E-state index contributed by atoms with van der Waals surface area (Å²) in [4.78, 5) is 0. The molecule has 1 N–H and O–H groups in total. The summed E-state index contributed by atoms with van der Waals surface area (Å²) < 4.78 is 25.8. The molecule has 2 aromatic carbocycles. The lowest BCUT2D eigenvalue weighted by molar-refractivity contribution is 0.627. The summed E-state index contributed by atoms with van der Waals surface area (Å²) in [6.45, 7) is 0. The third kappa shape index (κ3) is 2.30. The Bertz CT molecular complexity index is 671. The molecule has 0 atom stereocenters. The fraction of sp³-hybridized carbons (Fsp3) is 0. The fourth-order valence-electron chi connectivity index (χ4n) is 1.94. The highest BCUT2D eigenvalue weighted by Gasteiger charge is 2.14. The van der Waals surface area contributed by atoms with Crippen molar-refractivity contribution in [2.45, 2.75) is 0 Å². The van der Waals surface area contributed by atoms with E-state index < -0.39 is 0 Å². The van der Waals surface area contributed by atoms with Crippen LogP contribution in [0.5, 0.6) is 0 Å². The van der Waals surface area contributed by atoms with Crippen molar-refractivity contribution in [1.29, 1.82) is 0 Å².